The summed E-state index contributed by atoms with van der Waals surface area (Å²) in [5.74, 6) is -0.486. The molecular formula is C37H45N5O9S. The predicted molar refractivity (Wildman–Crippen MR) is 191 cm³/mol. The molecule has 2 heterocycles. The van der Waals surface area contributed by atoms with Gasteiger partial charge in [-0.2, -0.15) is 4.31 Å². The Morgan fingerprint density at radius 3 is 2.31 bits per heavy atom. The molecule has 0 bridgehead atoms. The van der Waals surface area contributed by atoms with E-state index in [4.69, 9.17) is 14.7 Å². The van der Waals surface area contributed by atoms with Crippen LogP contribution in [-0.4, -0.2) is 102 Å². The van der Waals surface area contributed by atoms with Crippen molar-refractivity contribution >= 4 is 34.1 Å². The largest absolute Gasteiger partial charge is 0.454 e. The molecule has 0 unspecified atom stereocenters. The normalized spacial score (nSPS) is 16.4. The summed E-state index contributed by atoms with van der Waals surface area (Å²) in [6, 6.07) is 17.4. The molecule has 3 N–H and O–H groups in total. The fourth-order valence-electron chi connectivity index (χ4n) is 6.33. The average molecular weight is 736 g/mol. The molecule has 52 heavy (non-hydrogen) atoms. The van der Waals surface area contributed by atoms with Gasteiger partial charge >= 0.3 is 6.03 Å². The number of carbonyl (C=O) groups excluding carboxylic acids is 3. The molecule has 3 aromatic rings. The van der Waals surface area contributed by atoms with Crippen LogP contribution in [0.3, 0.4) is 0 Å². The Kier molecular flexibility index (Phi) is 12.2. The third-order valence-corrected chi connectivity index (χ3v) is 10.7. The summed E-state index contributed by atoms with van der Waals surface area (Å²) >= 11 is 0. The lowest BCUT2D eigenvalue weighted by Crippen LogP contribution is -2.57. The van der Waals surface area contributed by atoms with Crippen molar-refractivity contribution in [2.75, 3.05) is 26.4 Å². The number of ether oxygens (including phenoxy) is 2. The molecule has 278 valence electrons. The second kappa shape index (κ2) is 16.6. The molecule has 2 aliphatic heterocycles. The number of nitrogens with one attached hydrogen (secondary N) is 1. The second-order valence-electron chi connectivity index (χ2n) is 13.7. The van der Waals surface area contributed by atoms with E-state index in [0.29, 0.717) is 22.6 Å². The second-order valence-corrected chi connectivity index (χ2v) is 15.6. The molecule has 3 atom stereocenters. The van der Waals surface area contributed by atoms with E-state index < -0.39 is 52.0 Å². The van der Waals surface area contributed by atoms with Gasteiger partial charge in [-0.15, -0.1) is 0 Å². The molecule has 0 aliphatic carbocycles. The number of amides is 4. The number of imide groups is 1. The Morgan fingerprint density at radius 1 is 0.962 bits per heavy atom. The van der Waals surface area contributed by atoms with E-state index in [0.717, 1.165) is 10.5 Å². The van der Waals surface area contributed by atoms with E-state index in [1.165, 1.54) is 39.7 Å². The van der Waals surface area contributed by atoms with E-state index in [1.54, 1.807) is 32.0 Å². The van der Waals surface area contributed by atoms with E-state index >= 15 is 0 Å². The standard InChI is InChI=1S/C37H45N5O9S/c1-24(2)19-40(52(48,49)29-13-10-27(11-14-29)18-38-47)21-31(43)30(16-26-8-6-5-7-9-26)39-36(45)35(25(3)4)42-22-34(44)41(37(42)46)20-28-12-15-32-33(17-28)51-23-50-32/h5-15,17-18,24-25,30-31,35,43,47H,16,19-23H2,1-4H3,(H,39,45)/t30-,31+,35-/m0/s1. The van der Waals surface area contributed by atoms with Crippen LogP contribution in [-0.2, 0) is 32.6 Å². The van der Waals surface area contributed by atoms with Crippen molar-refractivity contribution in [1.29, 1.82) is 0 Å². The van der Waals surface area contributed by atoms with Crippen molar-refractivity contribution in [1.82, 2.24) is 19.4 Å². The number of fused-ring (bicyclic) bond motifs is 1. The van der Waals surface area contributed by atoms with Gasteiger partial charge in [-0.05, 0) is 59.2 Å². The van der Waals surface area contributed by atoms with Gasteiger partial charge in [0.2, 0.25) is 22.7 Å². The molecule has 3 aromatic carbocycles. The highest BCUT2D eigenvalue weighted by Crippen LogP contribution is 2.33. The summed E-state index contributed by atoms with van der Waals surface area (Å²) in [6.07, 6.45) is -0.0351. The first-order valence-corrected chi connectivity index (χ1v) is 18.5. The maximum Gasteiger partial charge on any atom is 0.328 e. The SMILES string of the molecule is CC(C)CN(C[C@@H](O)[C@H](Cc1ccccc1)NC(=O)[C@H](C(C)C)N1CC(=O)N(Cc2ccc3c(c2)OCO3)C1=O)S(=O)(=O)c1ccc(C=NO)cc1. The van der Waals surface area contributed by atoms with E-state index in [9.17, 15) is 27.9 Å². The summed E-state index contributed by atoms with van der Waals surface area (Å²) in [4.78, 5) is 43.4. The van der Waals surface area contributed by atoms with Crippen LogP contribution in [0.2, 0.25) is 0 Å². The first-order chi connectivity index (χ1) is 24.8. The lowest BCUT2D eigenvalue weighted by molar-refractivity contribution is -0.129. The highest BCUT2D eigenvalue weighted by atomic mass is 32.2. The Bertz CT molecular complexity index is 1870. The highest BCUT2D eigenvalue weighted by Gasteiger charge is 2.44. The minimum absolute atomic E-state index is 0.0125. The zero-order valence-corrected chi connectivity index (χ0v) is 30.4. The van der Waals surface area contributed by atoms with Crippen LogP contribution in [0.5, 0.6) is 11.5 Å². The molecule has 2 aliphatic rings. The molecule has 15 heteroatoms. The number of hydrogen-bond acceptors (Lipinski definition) is 10. The number of urea groups is 1. The maximum atomic E-state index is 14.2. The fraction of sp³-hybridized carbons (Fsp3) is 0.405. The van der Waals surface area contributed by atoms with Crippen molar-refractivity contribution in [3.8, 4) is 11.5 Å². The lowest BCUT2D eigenvalue weighted by Gasteiger charge is -2.34. The Morgan fingerprint density at radius 2 is 1.65 bits per heavy atom. The summed E-state index contributed by atoms with van der Waals surface area (Å²) in [5, 5.41) is 26.5. The summed E-state index contributed by atoms with van der Waals surface area (Å²) in [5.41, 5.74) is 1.94. The van der Waals surface area contributed by atoms with Crippen molar-refractivity contribution in [3.05, 3.63) is 89.5 Å². The topological polar surface area (TPSA) is 178 Å². The van der Waals surface area contributed by atoms with Crippen LogP contribution in [0, 0.1) is 11.8 Å². The van der Waals surface area contributed by atoms with E-state index in [1.807, 2.05) is 44.2 Å². The van der Waals surface area contributed by atoms with Gasteiger partial charge in [0.25, 0.3) is 5.91 Å². The monoisotopic (exact) mass is 735 g/mol. The minimum atomic E-state index is -4.11. The molecule has 4 amide bonds. The average Bonchev–Trinajstić information content (AvgIpc) is 3.68. The first kappa shape index (κ1) is 38.2. The molecule has 1 saturated heterocycles. The molecule has 5 rings (SSSR count). The zero-order chi connectivity index (χ0) is 37.6. The van der Waals surface area contributed by atoms with Gasteiger partial charge in [0.05, 0.1) is 29.8 Å². The van der Waals surface area contributed by atoms with Crippen molar-refractivity contribution in [3.63, 3.8) is 0 Å². The summed E-state index contributed by atoms with van der Waals surface area (Å²) in [7, 11) is -4.11. The quantitative estimate of drug-likeness (QED) is 0.0861. The van der Waals surface area contributed by atoms with Gasteiger partial charge in [-0.1, -0.05) is 81.4 Å². The highest BCUT2D eigenvalue weighted by molar-refractivity contribution is 7.89. The third-order valence-electron chi connectivity index (χ3n) is 8.87. The van der Waals surface area contributed by atoms with E-state index in [-0.39, 0.29) is 50.2 Å². The fourth-order valence-corrected chi connectivity index (χ4v) is 7.96. The van der Waals surface area contributed by atoms with Crippen LogP contribution >= 0.6 is 0 Å². The molecular weight excluding hydrogens is 691 g/mol. The van der Waals surface area contributed by atoms with Gasteiger partial charge < -0.3 is 30.0 Å². The Hall–Kier alpha value is -4.99. The Labute approximate surface area is 303 Å². The number of rotatable bonds is 16. The number of nitrogens with zero attached hydrogens (tertiary/aromatic N) is 4. The van der Waals surface area contributed by atoms with Crippen molar-refractivity contribution in [2.45, 2.75) is 63.7 Å². The molecule has 1 fully saturated rings. The third kappa shape index (κ3) is 8.89. The Balaban J connectivity index is 1.37. The lowest BCUT2D eigenvalue weighted by atomic mass is 9.97. The molecule has 14 nitrogen and oxygen atoms in total. The van der Waals surface area contributed by atoms with Crippen LogP contribution in [0.25, 0.3) is 0 Å². The van der Waals surface area contributed by atoms with Crippen LogP contribution in [0.4, 0.5) is 4.79 Å². The number of oxime groups is 1. The van der Waals surface area contributed by atoms with Crippen molar-refractivity contribution < 1.29 is 42.6 Å². The van der Waals surface area contributed by atoms with Gasteiger partial charge in [0.15, 0.2) is 11.5 Å². The summed E-state index contributed by atoms with van der Waals surface area (Å²) < 4.78 is 39.7. The van der Waals surface area contributed by atoms with Crippen molar-refractivity contribution in [2.24, 2.45) is 17.0 Å². The number of aliphatic hydroxyl groups excluding tert-OH is 1. The van der Waals surface area contributed by atoms with Gasteiger partial charge in [0.1, 0.15) is 12.6 Å². The number of carbonyl (C=O) groups is 3. The number of benzene rings is 3. The molecule has 0 spiro atoms. The van der Waals surface area contributed by atoms with E-state index in [2.05, 4.69) is 10.5 Å². The molecule has 0 saturated carbocycles. The van der Waals surface area contributed by atoms with Gasteiger partial charge in [-0.25, -0.2) is 13.2 Å². The minimum Gasteiger partial charge on any atom is -0.454 e. The number of sulfonamides is 1. The van der Waals surface area contributed by atoms with Gasteiger partial charge in [-0.3, -0.25) is 14.5 Å². The van der Waals surface area contributed by atoms with Gasteiger partial charge in [0, 0.05) is 13.1 Å². The molecule has 0 aromatic heterocycles. The maximum absolute atomic E-state index is 14.2. The number of hydrogen-bond donors (Lipinski definition) is 3. The van der Waals surface area contributed by atoms with Crippen LogP contribution in [0.15, 0.2) is 82.8 Å². The van der Waals surface area contributed by atoms with Crippen LogP contribution < -0.4 is 14.8 Å². The molecule has 0 radical (unpaired) electrons. The smallest absolute Gasteiger partial charge is 0.328 e. The first-order valence-electron chi connectivity index (χ1n) is 17.1. The van der Waals surface area contributed by atoms with Crippen LogP contribution in [0.1, 0.15) is 44.4 Å². The number of aliphatic hydroxyl groups is 1. The summed E-state index contributed by atoms with van der Waals surface area (Å²) in [6.45, 7) is 6.74. The predicted octanol–water partition coefficient (Wildman–Crippen LogP) is 3.45. The zero-order valence-electron chi connectivity index (χ0n) is 29.6.